The SMILES string of the molecule is COC(=O)c1ccc(C(C)Sc2nnc(N3CCOCC3)n2-c2cccc(F)c2)o1. The van der Waals surface area contributed by atoms with Crippen LogP contribution in [0, 0.1) is 5.82 Å². The number of esters is 1. The molecule has 0 N–H and O–H groups in total. The minimum absolute atomic E-state index is 0.139. The van der Waals surface area contributed by atoms with Crippen LogP contribution in [-0.4, -0.2) is 54.1 Å². The predicted molar refractivity (Wildman–Crippen MR) is 109 cm³/mol. The summed E-state index contributed by atoms with van der Waals surface area (Å²) in [6, 6.07) is 9.62. The molecule has 1 aliphatic heterocycles. The number of ether oxygens (including phenoxy) is 2. The van der Waals surface area contributed by atoms with Crippen LogP contribution in [0.5, 0.6) is 0 Å². The molecular formula is C20H21FN4O4S. The average molecular weight is 432 g/mol. The minimum Gasteiger partial charge on any atom is -0.463 e. The number of halogens is 1. The molecule has 0 bridgehead atoms. The van der Waals surface area contributed by atoms with Gasteiger partial charge in [-0.2, -0.15) is 0 Å². The van der Waals surface area contributed by atoms with Crippen molar-refractivity contribution in [1.82, 2.24) is 14.8 Å². The standard InChI is InChI=1S/C20H21FN4O4S/c1-13(16-6-7-17(29-16)18(26)27-2)30-20-23-22-19(24-8-10-28-11-9-24)25(20)15-5-3-4-14(21)12-15/h3-7,12-13H,8-11H2,1-2H3. The molecule has 8 nitrogen and oxygen atoms in total. The van der Waals surface area contributed by atoms with Gasteiger partial charge in [-0.25, -0.2) is 9.18 Å². The first-order valence-electron chi connectivity index (χ1n) is 9.45. The Kier molecular flexibility index (Phi) is 6.05. The van der Waals surface area contributed by atoms with Crippen molar-refractivity contribution in [3.63, 3.8) is 0 Å². The Bertz CT molecular complexity index is 1030. The third-order valence-corrected chi connectivity index (χ3v) is 5.73. The quantitative estimate of drug-likeness (QED) is 0.433. The number of furan rings is 1. The Morgan fingerprint density at radius 2 is 2.03 bits per heavy atom. The zero-order valence-corrected chi connectivity index (χ0v) is 17.4. The van der Waals surface area contributed by atoms with Crippen LogP contribution >= 0.6 is 11.8 Å². The van der Waals surface area contributed by atoms with Gasteiger partial charge < -0.3 is 18.8 Å². The minimum atomic E-state index is -0.531. The number of aromatic nitrogens is 3. The number of benzene rings is 1. The second kappa shape index (κ2) is 8.88. The Labute approximate surface area is 177 Å². The maximum atomic E-state index is 14.0. The molecule has 1 atom stereocenters. The summed E-state index contributed by atoms with van der Waals surface area (Å²) in [5.41, 5.74) is 0.630. The van der Waals surface area contributed by atoms with Gasteiger partial charge in [0.1, 0.15) is 11.6 Å². The van der Waals surface area contributed by atoms with Crippen LogP contribution in [0.2, 0.25) is 0 Å². The lowest BCUT2D eigenvalue weighted by molar-refractivity contribution is 0.0563. The molecule has 3 aromatic rings. The lowest BCUT2D eigenvalue weighted by Crippen LogP contribution is -2.37. The van der Waals surface area contributed by atoms with E-state index in [1.807, 2.05) is 17.6 Å². The van der Waals surface area contributed by atoms with Crippen molar-refractivity contribution >= 4 is 23.7 Å². The number of morpholine rings is 1. The van der Waals surface area contributed by atoms with Crippen LogP contribution < -0.4 is 4.90 Å². The number of rotatable bonds is 6. The Morgan fingerprint density at radius 1 is 1.23 bits per heavy atom. The van der Waals surface area contributed by atoms with Gasteiger partial charge in [-0.15, -0.1) is 10.2 Å². The molecule has 4 rings (SSSR count). The molecule has 2 aromatic heterocycles. The van der Waals surface area contributed by atoms with Gasteiger partial charge in [0.05, 0.1) is 31.3 Å². The van der Waals surface area contributed by atoms with Gasteiger partial charge >= 0.3 is 5.97 Å². The van der Waals surface area contributed by atoms with Crippen molar-refractivity contribution in [2.24, 2.45) is 0 Å². The molecule has 0 amide bonds. The van der Waals surface area contributed by atoms with Crippen molar-refractivity contribution in [3.8, 4) is 5.69 Å². The average Bonchev–Trinajstić information content (AvgIpc) is 3.41. The second-order valence-electron chi connectivity index (χ2n) is 6.65. The maximum Gasteiger partial charge on any atom is 0.373 e. The first kappa shape index (κ1) is 20.4. The molecule has 1 aliphatic rings. The summed E-state index contributed by atoms with van der Waals surface area (Å²) < 4.78 is 31.5. The monoisotopic (exact) mass is 432 g/mol. The van der Waals surface area contributed by atoms with Gasteiger partial charge in [-0.1, -0.05) is 17.8 Å². The highest BCUT2D eigenvalue weighted by atomic mass is 32.2. The second-order valence-corrected chi connectivity index (χ2v) is 7.96. The maximum absolute atomic E-state index is 14.0. The van der Waals surface area contributed by atoms with Crippen LogP contribution in [0.15, 0.2) is 46.0 Å². The zero-order valence-electron chi connectivity index (χ0n) is 16.6. The van der Waals surface area contributed by atoms with Crippen LogP contribution in [0.1, 0.15) is 28.5 Å². The van der Waals surface area contributed by atoms with Crippen LogP contribution in [0.4, 0.5) is 10.3 Å². The number of thioether (sulfide) groups is 1. The molecule has 158 valence electrons. The number of hydrogen-bond acceptors (Lipinski definition) is 8. The summed E-state index contributed by atoms with van der Waals surface area (Å²) in [5, 5.41) is 9.15. The summed E-state index contributed by atoms with van der Waals surface area (Å²) in [5.74, 6) is 0.499. The molecule has 1 fully saturated rings. The van der Waals surface area contributed by atoms with Gasteiger partial charge in [-0.3, -0.25) is 4.57 Å². The summed E-state index contributed by atoms with van der Waals surface area (Å²) >= 11 is 1.40. The summed E-state index contributed by atoms with van der Waals surface area (Å²) in [6.07, 6.45) is 0. The van der Waals surface area contributed by atoms with Gasteiger partial charge in [0.2, 0.25) is 11.7 Å². The molecule has 0 saturated carbocycles. The summed E-state index contributed by atoms with van der Waals surface area (Å²) in [4.78, 5) is 13.7. The topological polar surface area (TPSA) is 82.6 Å². The molecule has 1 saturated heterocycles. The molecule has 0 aliphatic carbocycles. The Morgan fingerprint density at radius 3 is 2.77 bits per heavy atom. The van der Waals surface area contributed by atoms with Gasteiger partial charge in [0, 0.05) is 13.1 Å². The molecule has 3 heterocycles. The third-order valence-electron chi connectivity index (χ3n) is 4.67. The molecule has 1 aromatic carbocycles. The van der Waals surface area contributed by atoms with Crippen molar-refractivity contribution in [1.29, 1.82) is 0 Å². The first-order chi connectivity index (χ1) is 14.6. The highest BCUT2D eigenvalue weighted by molar-refractivity contribution is 7.99. The Balaban J connectivity index is 1.66. The van der Waals surface area contributed by atoms with E-state index in [1.165, 1.54) is 31.0 Å². The van der Waals surface area contributed by atoms with E-state index in [2.05, 4.69) is 19.8 Å². The lowest BCUT2D eigenvalue weighted by Gasteiger charge is -2.28. The third kappa shape index (κ3) is 4.19. The smallest absolute Gasteiger partial charge is 0.373 e. The van der Waals surface area contributed by atoms with E-state index in [-0.39, 0.29) is 16.8 Å². The van der Waals surface area contributed by atoms with Crippen LogP contribution in [0.3, 0.4) is 0 Å². The van der Waals surface area contributed by atoms with E-state index in [9.17, 15) is 9.18 Å². The van der Waals surface area contributed by atoms with E-state index in [0.717, 1.165) is 0 Å². The van der Waals surface area contributed by atoms with Crippen molar-refractivity contribution in [2.75, 3.05) is 38.3 Å². The van der Waals surface area contributed by atoms with Crippen molar-refractivity contribution < 1.29 is 23.1 Å². The molecule has 0 radical (unpaired) electrons. The molecule has 30 heavy (non-hydrogen) atoms. The molecular weight excluding hydrogens is 411 g/mol. The van der Waals surface area contributed by atoms with Gasteiger partial charge in [0.15, 0.2) is 5.16 Å². The predicted octanol–water partition coefficient (Wildman–Crippen LogP) is 3.48. The normalized spacial score (nSPS) is 15.2. The van der Waals surface area contributed by atoms with Crippen molar-refractivity contribution in [3.05, 3.63) is 53.7 Å². The fourth-order valence-corrected chi connectivity index (χ4v) is 4.09. The fourth-order valence-electron chi connectivity index (χ4n) is 3.15. The van der Waals surface area contributed by atoms with Gasteiger partial charge in [0.25, 0.3) is 0 Å². The number of nitrogens with zero attached hydrogens (tertiary/aromatic N) is 4. The largest absolute Gasteiger partial charge is 0.463 e. The highest BCUT2D eigenvalue weighted by Crippen LogP contribution is 2.37. The van der Waals surface area contributed by atoms with E-state index < -0.39 is 5.97 Å². The summed E-state index contributed by atoms with van der Waals surface area (Å²) in [7, 11) is 1.30. The number of methoxy groups -OCH3 is 1. The van der Waals surface area contributed by atoms with E-state index in [4.69, 9.17) is 9.15 Å². The molecule has 0 spiro atoms. The highest BCUT2D eigenvalue weighted by Gasteiger charge is 2.25. The van der Waals surface area contributed by atoms with Crippen LogP contribution in [-0.2, 0) is 9.47 Å². The van der Waals surface area contributed by atoms with E-state index in [0.29, 0.717) is 48.9 Å². The number of hydrogen-bond donors (Lipinski definition) is 0. The first-order valence-corrected chi connectivity index (χ1v) is 10.3. The van der Waals surface area contributed by atoms with Crippen molar-refractivity contribution in [2.45, 2.75) is 17.3 Å². The van der Waals surface area contributed by atoms with E-state index in [1.54, 1.807) is 18.2 Å². The van der Waals surface area contributed by atoms with E-state index >= 15 is 0 Å². The number of anilines is 1. The number of carbonyl (C=O) groups is 1. The molecule has 10 heteroatoms. The molecule has 1 unspecified atom stereocenters. The fraction of sp³-hybridized carbons (Fsp3) is 0.350. The number of carbonyl (C=O) groups excluding carboxylic acids is 1. The zero-order chi connectivity index (χ0) is 21.1. The van der Waals surface area contributed by atoms with Gasteiger partial charge in [-0.05, 0) is 37.3 Å². The van der Waals surface area contributed by atoms with Crippen LogP contribution in [0.25, 0.3) is 5.69 Å². The lowest BCUT2D eigenvalue weighted by atomic mass is 10.3. The Hall–Kier alpha value is -2.85. The summed E-state index contributed by atoms with van der Waals surface area (Å²) in [6.45, 7) is 4.47.